The second-order valence-corrected chi connectivity index (χ2v) is 15.5. The fourth-order valence-electron chi connectivity index (χ4n) is 3.77. The van der Waals surface area contributed by atoms with Crippen LogP contribution in [0, 0.1) is 0 Å². The van der Waals surface area contributed by atoms with E-state index < -0.39 is 14.3 Å². The molecule has 1 aromatic carbocycles. The first-order valence-electron chi connectivity index (χ1n) is 11.9. The molecule has 1 fully saturated rings. The van der Waals surface area contributed by atoms with Gasteiger partial charge in [0, 0.05) is 25.0 Å². The Kier molecular flexibility index (Phi) is 7.22. The average Bonchev–Trinajstić information content (AvgIpc) is 3.16. The molecule has 0 N–H and O–H groups in total. The topological polar surface area (TPSA) is 88.4 Å². The Morgan fingerprint density at radius 2 is 2.00 bits per heavy atom. The van der Waals surface area contributed by atoms with E-state index in [0.29, 0.717) is 23.8 Å². The normalized spacial score (nSPS) is 16.9. The van der Waals surface area contributed by atoms with Crippen molar-refractivity contribution in [2.75, 3.05) is 6.61 Å². The summed E-state index contributed by atoms with van der Waals surface area (Å²) in [5.41, 5.74) is 2.14. The molecular weight excluding hydrogens is 484 g/mol. The summed E-state index contributed by atoms with van der Waals surface area (Å²) in [6.07, 6.45) is 2.87. The molecule has 3 heterocycles. The smallest absolute Gasteiger partial charge is 0.303 e. The average molecular weight is 517 g/mol. The Bertz CT molecular complexity index is 1230. The Balaban J connectivity index is 1.83. The quantitative estimate of drug-likeness (QED) is 0.216. The lowest BCUT2D eigenvalue weighted by Crippen LogP contribution is -2.43. The van der Waals surface area contributed by atoms with Gasteiger partial charge in [0.25, 0.3) is 0 Å². The fraction of sp³-hybridized carbons (Fsp3) is 0.520. The summed E-state index contributed by atoms with van der Waals surface area (Å²) < 4.78 is 19.7. The zero-order chi connectivity index (χ0) is 25.4. The molecule has 188 valence electrons. The van der Waals surface area contributed by atoms with Gasteiger partial charge < -0.3 is 13.9 Å². The molecule has 35 heavy (non-hydrogen) atoms. The molecule has 0 amide bonds. The Morgan fingerprint density at radius 3 is 2.66 bits per heavy atom. The molecule has 1 unspecified atom stereocenters. The number of carbonyl (C=O) groups is 1. The molecule has 3 aromatic rings. The first-order valence-corrected chi connectivity index (χ1v) is 15.2. The summed E-state index contributed by atoms with van der Waals surface area (Å²) in [5, 5.41) is 6.15. The number of esters is 1. The van der Waals surface area contributed by atoms with Gasteiger partial charge in [-0.2, -0.15) is 5.10 Å². The molecule has 4 rings (SSSR count). The highest BCUT2D eigenvalue weighted by Crippen LogP contribution is 2.39. The van der Waals surface area contributed by atoms with Gasteiger partial charge in [-0.25, -0.2) is 14.6 Å². The zero-order valence-electron chi connectivity index (χ0n) is 21.2. The van der Waals surface area contributed by atoms with Gasteiger partial charge in [0.15, 0.2) is 18.7 Å². The van der Waals surface area contributed by atoms with Crippen LogP contribution in [0.1, 0.15) is 59.0 Å². The lowest BCUT2D eigenvalue weighted by atomic mass is 10.1. The van der Waals surface area contributed by atoms with E-state index in [1.54, 1.807) is 6.07 Å². The third-order valence-corrected chi connectivity index (χ3v) is 11.2. The van der Waals surface area contributed by atoms with Crippen molar-refractivity contribution in [3.63, 3.8) is 0 Å². The van der Waals surface area contributed by atoms with E-state index in [1.165, 1.54) is 6.92 Å². The summed E-state index contributed by atoms with van der Waals surface area (Å²) in [4.78, 5) is 20.1. The van der Waals surface area contributed by atoms with Gasteiger partial charge in [0.1, 0.15) is 16.6 Å². The molecule has 1 aliphatic rings. The van der Waals surface area contributed by atoms with E-state index in [9.17, 15) is 4.79 Å². The highest BCUT2D eigenvalue weighted by atomic mass is 35.5. The first kappa shape index (κ1) is 25.6. The van der Waals surface area contributed by atoms with Crippen LogP contribution in [0.15, 0.2) is 24.3 Å². The van der Waals surface area contributed by atoms with E-state index in [4.69, 9.17) is 30.6 Å². The monoisotopic (exact) mass is 516 g/mol. The molecule has 0 bridgehead atoms. The summed E-state index contributed by atoms with van der Waals surface area (Å²) in [6, 6.07) is 7.74. The molecule has 0 spiro atoms. The molecule has 8 nitrogen and oxygen atoms in total. The summed E-state index contributed by atoms with van der Waals surface area (Å²) in [7, 11) is -2.04. The van der Waals surface area contributed by atoms with Gasteiger partial charge in [0.05, 0.1) is 11.2 Å². The predicted molar refractivity (Wildman–Crippen MR) is 138 cm³/mol. The number of hydrogen-bond donors (Lipinski definition) is 0. The van der Waals surface area contributed by atoms with Crippen molar-refractivity contribution in [2.45, 2.75) is 77.9 Å². The molecule has 0 saturated carbocycles. The molecule has 1 saturated heterocycles. The molecular formula is C25H33ClN4O4Si. The van der Waals surface area contributed by atoms with Crippen LogP contribution in [0.5, 0.6) is 5.75 Å². The van der Waals surface area contributed by atoms with Crippen molar-refractivity contribution in [1.82, 2.24) is 19.7 Å². The number of benzene rings is 1. The van der Waals surface area contributed by atoms with Crippen LogP contribution in [-0.2, 0) is 20.9 Å². The second kappa shape index (κ2) is 9.87. The van der Waals surface area contributed by atoms with Crippen LogP contribution >= 0.6 is 11.6 Å². The van der Waals surface area contributed by atoms with E-state index in [1.807, 2.05) is 22.9 Å². The van der Waals surface area contributed by atoms with Crippen molar-refractivity contribution in [3.8, 4) is 17.1 Å². The SMILES string of the molecule is CC(=O)OCc1nc(Cl)cc(-c2nn(C3CCCCO3)c3ccc(O[Si](C)(C)C(C)(C)C)cc23)n1. The zero-order valence-corrected chi connectivity index (χ0v) is 23.0. The Labute approximate surface area is 212 Å². The maximum atomic E-state index is 11.3. The largest absolute Gasteiger partial charge is 0.543 e. The van der Waals surface area contributed by atoms with Gasteiger partial charge in [-0.15, -0.1) is 0 Å². The van der Waals surface area contributed by atoms with E-state index in [2.05, 4.69) is 43.8 Å². The highest BCUT2D eigenvalue weighted by Gasteiger charge is 2.39. The Morgan fingerprint density at radius 1 is 1.23 bits per heavy atom. The van der Waals surface area contributed by atoms with Crippen LogP contribution in [0.2, 0.25) is 23.3 Å². The lowest BCUT2D eigenvalue weighted by molar-refractivity contribution is -0.142. The number of nitrogens with zero attached hydrogens (tertiary/aromatic N) is 4. The highest BCUT2D eigenvalue weighted by molar-refractivity contribution is 6.74. The van der Waals surface area contributed by atoms with Crippen molar-refractivity contribution in [2.24, 2.45) is 0 Å². The number of halogens is 1. The predicted octanol–water partition coefficient (Wildman–Crippen LogP) is 6.29. The standard InChI is InChI=1S/C25H33ClN4O4Si/c1-16(31)33-15-22-27-19(14-21(26)28-22)24-18-13-17(34-35(5,6)25(2,3)4)10-11-20(18)30(29-24)23-9-7-8-12-32-23/h10-11,13-14,23H,7-9,12,15H2,1-6H3. The van der Waals surface area contributed by atoms with E-state index in [0.717, 1.165) is 35.9 Å². The van der Waals surface area contributed by atoms with Gasteiger partial charge >= 0.3 is 5.97 Å². The number of aromatic nitrogens is 4. The van der Waals surface area contributed by atoms with Gasteiger partial charge in [-0.3, -0.25) is 4.79 Å². The minimum atomic E-state index is -2.04. The van der Waals surface area contributed by atoms with Crippen molar-refractivity contribution < 1.29 is 18.7 Å². The molecule has 1 aliphatic heterocycles. The van der Waals surface area contributed by atoms with Crippen LogP contribution in [0.25, 0.3) is 22.3 Å². The van der Waals surface area contributed by atoms with Crippen LogP contribution in [-0.4, -0.2) is 40.6 Å². The fourth-order valence-corrected chi connectivity index (χ4v) is 5.00. The number of carbonyl (C=O) groups excluding carboxylic acids is 1. The van der Waals surface area contributed by atoms with Gasteiger partial charge in [-0.05, 0) is 55.6 Å². The van der Waals surface area contributed by atoms with Crippen molar-refractivity contribution >= 4 is 36.8 Å². The maximum Gasteiger partial charge on any atom is 0.303 e. The van der Waals surface area contributed by atoms with Crippen molar-refractivity contribution in [1.29, 1.82) is 0 Å². The summed E-state index contributed by atoms with van der Waals surface area (Å²) in [6.45, 7) is 13.1. The minimum absolute atomic E-state index is 0.0625. The summed E-state index contributed by atoms with van der Waals surface area (Å²) >= 11 is 6.32. The lowest BCUT2D eigenvalue weighted by Gasteiger charge is -2.36. The number of ether oxygens (including phenoxy) is 2. The van der Waals surface area contributed by atoms with Crippen molar-refractivity contribution in [3.05, 3.63) is 35.2 Å². The summed E-state index contributed by atoms with van der Waals surface area (Å²) in [5.74, 6) is 0.703. The Hall–Kier alpha value is -2.49. The molecule has 0 radical (unpaired) electrons. The van der Waals surface area contributed by atoms with Gasteiger partial charge in [0.2, 0.25) is 8.32 Å². The molecule has 2 aromatic heterocycles. The third kappa shape index (κ3) is 5.68. The van der Waals surface area contributed by atoms with Crippen LogP contribution in [0.4, 0.5) is 0 Å². The molecule has 10 heteroatoms. The van der Waals surface area contributed by atoms with E-state index in [-0.39, 0.29) is 23.0 Å². The number of hydrogen-bond acceptors (Lipinski definition) is 7. The molecule has 1 atom stereocenters. The van der Waals surface area contributed by atoms with Crippen LogP contribution in [0.3, 0.4) is 0 Å². The van der Waals surface area contributed by atoms with Gasteiger partial charge in [-0.1, -0.05) is 32.4 Å². The first-order chi connectivity index (χ1) is 16.4. The number of fused-ring (bicyclic) bond motifs is 1. The van der Waals surface area contributed by atoms with Crippen LogP contribution < -0.4 is 4.43 Å². The number of rotatable bonds is 6. The molecule has 0 aliphatic carbocycles. The van der Waals surface area contributed by atoms with E-state index >= 15 is 0 Å². The minimum Gasteiger partial charge on any atom is -0.543 e. The maximum absolute atomic E-state index is 11.3. The second-order valence-electron chi connectivity index (χ2n) is 10.4. The third-order valence-electron chi connectivity index (χ3n) is 6.67.